The topological polar surface area (TPSA) is 92.0 Å². The molecule has 2 rings (SSSR count). The van der Waals surface area contributed by atoms with E-state index in [2.05, 4.69) is 5.43 Å². The van der Waals surface area contributed by atoms with E-state index in [1.54, 1.807) is 19.2 Å². The molecule has 21 heavy (non-hydrogen) atoms. The van der Waals surface area contributed by atoms with E-state index in [1.165, 1.54) is 11.6 Å². The quantitative estimate of drug-likeness (QED) is 0.616. The van der Waals surface area contributed by atoms with Gasteiger partial charge in [0.1, 0.15) is 12.4 Å². The molecule has 2 heterocycles. The first-order valence-corrected chi connectivity index (χ1v) is 6.68. The van der Waals surface area contributed by atoms with E-state index in [-0.39, 0.29) is 17.9 Å². The van der Waals surface area contributed by atoms with Crippen molar-refractivity contribution in [3.8, 4) is 0 Å². The maximum absolute atomic E-state index is 12.4. The summed E-state index contributed by atoms with van der Waals surface area (Å²) in [6.45, 7) is 1.71. The number of hydrogen-bond donors (Lipinski definition) is 2. The normalized spacial score (nSPS) is 13.9. The molecular formula is C12H21N5O4. The molecule has 0 aromatic carbocycles. The van der Waals surface area contributed by atoms with Crippen molar-refractivity contribution in [2.24, 2.45) is 14.1 Å². The van der Waals surface area contributed by atoms with Gasteiger partial charge >= 0.3 is 5.69 Å². The molecule has 0 bridgehead atoms. The van der Waals surface area contributed by atoms with Gasteiger partial charge in [-0.3, -0.25) is 18.9 Å². The molecule has 0 amide bonds. The number of aromatic nitrogens is 2. The summed E-state index contributed by atoms with van der Waals surface area (Å²) in [5.74, 6) is 0.507. The van der Waals surface area contributed by atoms with E-state index in [1.807, 2.05) is 4.90 Å². The molecule has 118 valence electrons. The van der Waals surface area contributed by atoms with Crippen LogP contribution in [0.25, 0.3) is 0 Å². The Morgan fingerprint density at radius 1 is 1.29 bits per heavy atom. The molecule has 0 saturated carbocycles. The van der Waals surface area contributed by atoms with Gasteiger partial charge in [-0.15, -0.1) is 0 Å². The lowest BCUT2D eigenvalue weighted by molar-refractivity contribution is 0.205. The number of nitrogens with one attached hydrogen (secondary N) is 1. The van der Waals surface area contributed by atoms with Crippen LogP contribution in [-0.2, 0) is 18.8 Å². The monoisotopic (exact) mass is 299 g/mol. The summed E-state index contributed by atoms with van der Waals surface area (Å²) in [6.07, 6.45) is 0. The first-order valence-electron chi connectivity index (χ1n) is 6.68. The van der Waals surface area contributed by atoms with Crippen molar-refractivity contribution in [1.82, 2.24) is 14.6 Å². The molecule has 1 aromatic rings. The van der Waals surface area contributed by atoms with Crippen LogP contribution in [0.1, 0.15) is 0 Å². The van der Waals surface area contributed by atoms with E-state index in [9.17, 15) is 9.59 Å². The second-order valence-corrected chi connectivity index (χ2v) is 4.84. The largest absolute Gasteiger partial charge is 0.395 e. The van der Waals surface area contributed by atoms with Crippen molar-refractivity contribution in [1.29, 1.82) is 0 Å². The summed E-state index contributed by atoms with van der Waals surface area (Å²) >= 11 is 0. The molecule has 0 atom stereocenters. The van der Waals surface area contributed by atoms with Gasteiger partial charge in [-0.1, -0.05) is 0 Å². The summed E-state index contributed by atoms with van der Waals surface area (Å²) in [6, 6.07) is 0. The van der Waals surface area contributed by atoms with Gasteiger partial charge in [0.25, 0.3) is 5.56 Å². The Morgan fingerprint density at radius 3 is 2.62 bits per heavy atom. The average molecular weight is 299 g/mol. The Balaban J connectivity index is 2.51. The number of fused-ring (bicyclic) bond motifs is 1. The predicted octanol–water partition coefficient (Wildman–Crippen LogP) is -2.19. The number of ether oxygens (including phenoxy) is 1. The SMILES string of the molecule is COCCN1CN(NCCO)c2c1c(=O)n(C)c(=O)n2C. The van der Waals surface area contributed by atoms with Gasteiger partial charge in [0.15, 0.2) is 5.82 Å². The Kier molecular flexibility index (Phi) is 4.66. The number of methoxy groups -OCH3 is 1. The fraction of sp³-hybridized carbons (Fsp3) is 0.667. The molecule has 0 radical (unpaired) electrons. The maximum Gasteiger partial charge on any atom is 0.332 e. The highest BCUT2D eigenvalue weighted by Crippen LogP contribution is 2.29. The summed E-state index contributed by atoms with van der Waals surface area (Å²) in [7, 11) is 4.68. The second kappa shape index (κ2) is 6.29. The fourth-order valence-electron chi connectivity index (χ4n) is 2.40. The molecule has 1 aliphatic rings. The zero-order valence-corrected chi connectivity index (χ0v) is 12.5. The molecule has 2 N–H and O–H groups in total. The number of nitrogens with zero attached hydrogens (tertiary/aromatic N) is 4. The first kappa shape index (κ1) is 15.5. The van der Waals surface area contributed by atoms with Crippen LogP contribution < -0.4 is 26.6 Å². The van der Waals surface area contributed by atoms with Crippen LogP contribution in [-0.4, -0.2) is 54.3 Å². The number of aliphatic hydroxyl groups is 1. The molecule has 0 aliphatic carbocycles. The van der Waals surface area contributed by atoms with E-state index >= 15 is 0 Å². The van der Waals surface area contributed by atoms with E-state index in [0.29, 0.717) is 37.9 Å². The number of hydrazine groups is 1. The first-order chi connectivity index (χ1) is 10.0. The van der Waals surface area contributed by atoms with Crippen molar-refractivity contribution in [2.45, 2.75) is 0 Å². The Bertz CT molecular complexity index is 623. The number of hydrogen-bond acceptors (Lipinski definition) is 7. The lowest BCUT2D eigenvalue weighted by Gasteiger charge is -2.21. The highest BCUT2D eigenvalue weighted by Gasteiger charge is 2.32. The third-order valence-electron chi connectivity index (χ3n) is 3.47. The molecule has 0 fully saturated rings. The Labute approximate surface area is 121 Å². The van der Waals surface area contributed by atoms with Crippen molar-refractivity contribution in [2.75, 3.05) is 50.0 Å². The van der Waals surface area contributed by atoms with Crippen LogP contribution in [0.5, 0.6) is 0 Å². The van der Waals surface area contributed by atoms with Gasteiger partial charge in [-0.05, 0) is 0 Å². The van der Waals surface area contributed by atoms with E-state index in [4.69, 9.17) is 9.84 Å². The minimum atomic E-state index is -0.386. The van der Waals surface area contributed by atoms with Gasteiger partial charge in [0.05, 0.1) is 13.2 Å². The van der Waals surface area contributed by atoms with Gasteiger partial charge < -0.3 is 14.7 Å². The lowest BCUT2D eigenvalue weighted by Crippen LogP contribution is -2.44. The highest BCUT2D eigenvalue weighted by atomic mass is 16.5. The van der Waals surface area contributed by atoms with Crippen LogP contribution >= 0.6 is 0 Å². The minimum Gasteiger partial charge on any atom is -0.395 e. The molecule has 1 aliphatic heterocycles. The summed E-state index contributed by atoms with van der Waals surface area (Å²) in [5, 5.41) is 10.6. The third-order valence-corrected chi connectivity index (χ3v) is 3.47. The van der Waals surface area contributed by atoms with Gasteiger partial charge in [0, 0.05) is 34.3 Å². The zero-order valence-electron chi connectivity index (χ0n) is 12.5. The molecule has 9 nitrogen and oxygen atoms in total. The molecule has 9 heteroatoms. The summed E-state index contributed by atoms with van der Waals surface area (Å²) in [4.78, 5) is 26.3. The summed E-state index contributed by atoms with van der Waals surface area (Å²) in [5.41, 5.74) is 2.74. The van der Waals surface area contributed by atoms with Crippen molar-refractivity contribution < 1.29 is 9.84 Å². The zero-order chi connectivity index (χ0) is 15.6. The summed E-state index contributed by atoms with van der Waals surface area (Å²) < 4.78 is 7.58. The fourth-order valence-corrected chi connectivity index (χ4v) is 2.40. The number of anilines is 2. The smallest absolute Gasteiger partial charge is 0.332 e. The van der Waals surface area contributed by atoms with Crippen molar-refractivity contribution in [3.63, 3.8) is 0 Å². The van der Waals surface area contributed by atoms with Crippen LogP contribution in [0, 0.1) is 0 Å². The van der Waals surface area contributed by atoms with E-state index < -0.39 is 0 Å². The van der Waals surface area contributed by atoms with Gasteiger partial charge in [-0.25, -0.2) is 10.2 Å². The van der Waals surface area contributed by atoms with Crippen molar-refractivity contribution in [3.05, 3.63) is 20.8 Å². The molecule has 0 unspecified atom stereocenters. The van der Waals surface area contributed by atoms with Gasteiger partial charge in [-0.2, -0.15) is 0 Å². The molecule has 1 aromatic heterocycles. The van der Waals surface area contributed by atoms with E-state index in [0.717, 1.165) is 4.57 Å². The average Bonchev–Trinajstić information content (AvgIpc) is 2.85. The Hall–Kier alpha value is -1.84. The lowest BCUT2D eigenvalue weighted by atomic mass is 10.4. The maximum atomic E-state index is 12.4. The van der Waals surface area contributed by atoms with Gasteiger partial charge in [0.2, 0.25) is 0 Å². The molecule has 0 saturated heterocycles. The standard InChI is InChI=1S/C12H21N5O4/c1-14-10-9(11(19)15(2)12(14)20)16(5-7-21-3)8-17(10)13-4-6-18/h13,18H,4-8H2,1-3H3. The third kappa shape index (κ3) is 2.67. The Morgan fingerprint density at radius 2 is 2.00 bits per heavy atom. The highest BCUT2D eigenvalue weighted by molar-refractivity contribution is 5.71. The van der Waals surface area contributed by atoms with Crippen LogP contribution in [0.3, 0.4) is 0 Å². The van der Waals surface area contributed by atoms with Crippen LogP contribution in [0.2, 0.25) is 0 Å². The predicted molar refractivity (Wildman–Crippen MR) is 78.6 cm³/mol. The van der Waals surface area contributed by atoms with Crippen LogP contribution in [0.15, 0.2) is 9.59 Å². The van der Waals surface area contributed by atoms with Crippen LogP contribution in [0.4, 0.5) is 11.5 Å². The minimum absolute atomic E-state index is 0.0390. The molecular weight excluding hydrogens is 278 g/mol. The number of rotatable bonds is 6. The molecule has 0 spiro atoms. The second-order valence-electron chi connectivity index (χ2n) is 4.84. The number of aliphatic hydroxyl groups excluding tert-OH is 1. The van der Waals surface area contributed by atoms with Crippen molar-refractivity contribution >= 4 is 11.5 Å².